The number of amides is 1. The number of aryl methyl sites for hydroxylation is 1. The van der Waals surface area contributed by atoms with Crippen molar-refractivity contribution in [3.63, 3.8) is 0 Å². The molecule has 2 aliphatic heterocycles. The molecule has 0 bridgehead atoms. The Hall–Kier alpha value is -2.10. The molecule has 8 nitrogen and oxygen atoms in total. The Labute approximate surface area is 173 Å². The monoisotopic (exact) mass is 417 g/mol. The highest BCUT2D eigenvalue weighted by Crippen LogP contribution is 2.17. The van der Waals surface area contributed by atoms with Gasteiger partial charge in [0, 0.05) is 42.6 Å². The molecule has 1 atom stereocenters. The number of aromatic nitrogens is 3. The Bertz CT molecular complexity index is 925. The number of hydrogen-bond acceptors (Lipinski definition) is 7. The maximum absolute atomic E-state index is 12.4. The lowest BCUT2D eigenvalue weighted by molar-refractivity contribution is 0.0903. The van der Waals surface area contributed by atoms with Crippen molar-refractivity contribution >= 4 is 17.2 Å². The number of nitrogens with zero attached hydrogens (tertiary/aromatic N) is 4. The van der Waals surface area contributed by atoms with Crippen molar-refractivity contribution < 1.29 is 9.53 Å². The first-order valence-electron chi connectivity index (χ1n) is 10.2. The van der Waals surface area contributed by atoms with Gasteiger partial charge in [0.2, 0.25) is 0 Å². The van der Waals surface area contributed by atoms with Crippen LogP contribution in [0.3, 0.4) is 0 Å². The van der Waals surface area contributed by atoms with Crippen molar-refractivity contribution in [3.05, 3.63) is 43.8 Å². The highest BCUT2D eigenvalue weighted by atomic mass is 32.1. The normalized spacial score (nSPS) is 19.7. The fourth-order valence-electron chi connectivity index (χ4n) is 3.99. The molecule has 1 amide bonds. The molecule has 0 aromatic carbocycles. The minimum absolute atomic E-state index is 0.0741. The first-order valence-corrected chi connectivity index (χ1v) is 11.1. The zero-order valence-electron chi connectivity index (χ0n) is 16.7. The summed E-state index contributed by atoms with van der Waals surface area (Å²) in [7, 11) is 0. The lowest BCUT2D eigenvalue weighted by Gasteiger charge is -2.35. The average molecular weight is 418 g/mol. The average Bonchev–Trinajstić information content (AvgIpc) is 3.17. The molecule has 2 aliphatic rings. The zero-order chi connectivity index (χ0) is 20.2. The largest absolute Gasteiger partial charge is 0.376 e. The van der Waals surface area contributed by atoms with Gasteiger partial charge in [-0.15, -0.1) is 11.3 Å². The van der Waals surface area contributed by atoms with Crippen molar-refractivity contribution in [3.8, 4) is 0 Å². The number of ether oxygens (including phenoxy) is 1. The van der Waals surface area contributed by atoms with Gasteiger partial charge in [0.15, 0.2) is 0 Å². The number of fused-ring (bicyclic) bond motifs is 1. The van der Waals surface area contributed by atoms with E-state index in [9.17, 15) is 9.59 Å². The molecule has 4 heterocycles. The third-order valence-corrected chi connectivity index (χ3v) is 6.38. The molecular formula is C20H27N5O3S. The number of thiazole rings is 1. The highest BCUT2D eigenvalue weighted by molar-refractivity contribution is 7.09. The minimum atomic E-state index is -0.116. The Balaban J connectivity index is 1.35. The van der Waals surface area contributed by atoms with Gasteiger partial charge in [0.25, 0.3) is 11.5 Å². The van der Waals surface area contributed by atoms with E-state index in [2.05, 4.69) is 20.3 Å². The first-order chi connectivity index (χ1) is 14.1. The van der Waals surface area contributed by atoms with Crippen LogP contribution >= 0.6 is 11.3 Å². The Kier molecular flexibility index (Phi) is 6.37. The molecule has 0 saturated carbocycles. The molecule has 1 unspecified atom stereocenters. The van der Waals surface area contributed by atoms with Crippen molar-refractivity contribution in [2.75, 3.05) is 26.2 Å². The van der Waals surface area contributed by atoms with Crippen molar-refractivity contribution in [2.45, 2.75) is 51.8 Å². The number of carbonyl (C=O) groups excluding carboxylic acids is 1. The topological polar surface area (TPSA) is 89.4 Å². The summed E-state index contributed by atoms with van der Waals surface area (Å²) in [4.78, 5) is 31.3. The Morgan fingerprint density at radius 2 is 2.28 bits per heavy atom. The summed E-state index contributed by atoms with van der Waals surface area (Å²) >= 11 is 1.48. The van der Waals surface area contributed by atoms with E-state index >= 15 is 0 Å². The Morgan fingerprint density at radius 1 is 1.38 bits per heavy atom. The van der Waals surface area contributed by atoms with Crippen LogP contribution in [0.15, 0.2) is 16.2 Å². The lowest BCUT2D eigenvalue weighted by atomic mass is 10.0. The molecule has 29 heavy (non-hydrogen) atoms. The van der Waals surface area contributed by atoms with E-state index in [-0.39, 0.29) is 17.5 Å². The van der Waals surface area contributed by atoms with Crippen molar-refractivity contribution in [1.82, 2.24) is 25.0 Å². The van der Waals surface area contributed by atoms with Crippen LogP contribution < -0.4 is 10.9 Å². The number of piperidine rings is 1. The molecular weight excluding hydrogens is 390 g/mol. The van der Waals surface area contributed by atoms with E-state index in [0.29, 0.717) is 32.0 Å². The summed E-state index contributed by atoms with van der Waals surface area (Å²) < 4.78 is 6.98. The SMILES string of the molecule is Cc1nc(C(=O)NCC2CCCCN2CCn2nc3c(cc2=O)COCC3)cs1. The van der Waals surface area contributed by atoms with Gasteiger partial charge in [-0.2, -0.15) is 5.10 Å². The van der Waals surface area contributed by atoms with Crippen LogP contribution in [0.25, 0.3) is 0 Å². The van der Waals surface area contributed by atoms with E-state index in [1.165, 1.54) is 11.3 Å². The fraction of sp³-hybridized carbons (Fsp3) is 0.600. The molecule has 1 fully saturated rings. The standard InChI is InChI=1S/C20H27N5O3S/c1-14-22-18(13-29-14)20(27)21-11-16-4-2-3-6-24(16)7-8-25-19(26)10-15-12-28-9-5-17(15)23-25/h10,13,16H,2-9,11-12H2,1H3,(H,21,27). The minimum Gasteiger partial charge on any atom is -0.376 e. The second-order valence-electron chi connectivity index (χ2n) is 7.63. The van der Waals surface area contributed by atoms with Crippen LogP contribution in [0, 0.1) is 6.92 Å². The van der Waals surface area contributed by atoms with E-state index in [0.717, 1.165) is 55.0 Å². The van der Waals surface area contributed by atoms with Gasteiger partial charge in [-0.25, -0.2) is 9.67 Å². The molecule has 2 aromatic heterocycles. The van der Waals surface area contributed by atoms with Crippen LogP contribution in [0.4, 0.5) is 0 Å². The predicted molar refractivity (Wildman–Crippen MR) is 110 cm³/mol. The number of rotatable bonds is 6. The summed E-state index contributed by atoms with van der Waals surface area (Å²) in [6.07, 6.45) is 4.09. The molecule has 4 rings (SSSR count). The zero-order valence-corrected chi connectivity index (χ0v) is 17.5. The Morgan fingerprint density at radius 3 is 3.10 bits per heavy atom. The molecule has 1 saturated heterocycles. The van der Waals surface area contributed by atoms with Crippen LogP contribution in [0.5, 0.6) is 0 Å². The number of likely N-dealkylation sites (tertiary alicyclic amines) is 1. The third-order valence-electron chi connectivity index (χ3n) is 5.60. The smallest absolute Gasteiger partial charge is 0.270 e. The number of nitrogens with one attached hydrogen (secondary N) is 1. The highest BCUT2D eigenvalue weighted by Gasteiger charge is 2.24. The lowest BCUT2D eigenvalue weighted by Crippen LogP contribution is -2.48. The first kappa shape index (κ1) is 20.2. The molecule has 156 valence electrons. The van der Waals surface area contributed by atoms with E-state index in [1.54, 1.807) is 16.1 Å². The fourth-order valence-corrected chi connectivity index (χ4v) is 4.58. The van der Waals surface area contributed by atoms with Gasteiger partial charge < -0.3 is 10.1 Å². The van der Waals surface area contributed by atoms with Gasteiger partial charge in [-0.1, -0.05) is 6.42 Å². The van der Waals surface area contributed by atoms with Gasteiger partial charge in [-0.05, 0) is 26.3 Å². The molecule has 2 aromatic rings. The van der Waals surface area contributed by atoms with Crippen LogP contribution in [0.1, 0.15) is 46.0 Å². The molecule has 0 aliphatic carbocycles. The van der Waals surface area contributed by atoms with Gasteiger partial charge >= 0.3 is 0 Å². The van der Waals surface area contributed by atoms with Gasteiger partial charge in [0.05, 0.1) is 30.5 Å². The van der Waals surface area contributed by atoms with Crippen LogP contribution in [-0.4, -0.2) is 57.9 Å². The quantitative estimate of drug-likeness (QED) is 0.764. The summed E-state index contributed by atoms with van der Waals surface area (Å²) in [6, 6.07) is 1.93. The summed E-state index contributed by atoms with van der Waals surface area (Å²) in [5.41, 5.74) is 2.30. The number of hydrogen-bond donors (Lipinski definition) is 1. The predicted octanol–water partition coefficient (Wildman–Crippen LogP) is 1.37. The van der Waals surface area contributed by atoms with Crippen LogP contribution in [0.2, 0.25) is 0 Å². The molecule has 9 heteroatoms. The molecule has 0 spiro atoms. The summed E-state index contributed by atoms with van der Waals surface area (Å²) in [5.74, 6) is -0.116. The summed E-state index contributed by atoms with van der Waals surface area (Å²) in [5, 5.41) is 10.3. The maximum Gasteiger partial charge on any atom is 0.270 e. The molecule has 1 N–H and O–H groups in total. The summed E-state index contributed by atoms with van der Waals surface area (Å²) in [6.45, 7) is 5.91. The van der Waals surface area contributed by atoms with E-state index in [4.69, 9.17) is 4.74 Å². The van der Waals surface area contributed by atoms with E-state index in [1.807, 2.05) is 6.92 Å². The molecule has 0 radical (unpaired) electrons. The van der Waals surface area contributed by atoms with Crippen molar-refractivity contribution in [2.24, 2.45) is 0 Å². The van der Waals surface area contributed by atoms with E-state index < -0.39 is 0 Å². The number of carbonyl (C=O) groups is 1. The second-order valence-corrected chi connectivity index (χ2v) is 8.69. The van der Waals surface area contributed by atoms with Crippen molar-refractivity contribution in [1.29, 1.82) is 0 Å². The third kappa shape index (κ3) is 4.91. The second kappa shape index (κ2) is 9.15. The van der Waals surface area contributed by atoms with Gasteiger partial charge in [0.1, 0.15) is 5.69 Å². The van der Waals surface area contributed by atoms with Gasteiger partial charge in [-0.3, -0.25) is 14.5 Å². The maximum atomic E-state index is 12.4. The van der Waals surface area contributed by atoms with Crippen LogP contribution in [-0.2, 0) is 24.3 Å².